The summed E-state index contributed by atoms with van der Waals surface area (Å²) in [5.74, 6) is 0. The van der Waals surface area contributed by atoms with E-state index in [1.54, 1.807) is 0 Å². The largest absolute Gasteiger partial charge is 0.325 e. The molecule has 0 saturated carbocycles. The predicted molar refractivity (Wildman–Crippen MR) is 59.6 cm³/mol. The fourth-order valence-electron chi connectivity index (χ4n) is 0.636. The van der Waals surface area contributed by atoms with Gasteiger partial charge in [0.25, 0.3) is 0 Å². The minimum atomic E-state index is 1.14. The van der Waals surface area contributed by atoms with Crippen LogP contribution in [-0.4, -0.2) is 10.2 Å². The predicted octanol–water partition coefficient (Wildman–Crippen LogP) is 3.53. The molecule has 0 aliphatic carbocycles. The minimum absolute atomic E-state index is 1.14. The maximum Gasteiger partial charge on any atom is 0.0583 e. The molecule has 0 aromatic carbocycles. The van der Waals surface area contributed by atoms with E-state index in [9.17, 15) is 0 Å². The Morgan fingerprint density at radius 3 is 2.36 bits per heavy atom. The molecule has 0 aliphatic rings. The lowest BCUT2D eigenvalue weighted by atomic mass is 10.1. The molecule has 2 heteroatoms. The first-order valence-corrected chi connectivity index (χ1v) is 4.77. The molecule has 0 atom stereocenters. The van der Waals surface area contributed by atoms with Crippen LogP contribution in [0.5, 0.6) is 0 Å². The Morgan fingerprint density at radius 2 is 2.00 bits per heavy atom. The third-order valence-corrected chi connectivity index (χ3v) is 2.06. The van der Waals surface area contributed by atoms with Gasteiger partial charge >= 0.3 is 0 Å². The number of rotatable bonds is 3. The second-order valence-electron chi connectivity index (χ2n) is 2.66. The summed E-state index contributed by atoms with van der Waals surface area (Å²) in [6.45, 7) is 6.50. The molecule has 0 radical (unpaired) electrons. The van der Waals surface area contributed by atoms with Gasteiger partial charge in [-0.1, -0.05) is 18.1 Å². The number of hydrogen-bond acceptors (Lipinski definition) is 1. The van der Waals surface area contributed by atoms with Crippen LogP contribution in [-0.2, 0) is 0 Å². The summed E-state index contributed by atoms with van der Waals surface area (Å²) in [6.07, 6.45) is 5.35. The lowest BCUT2D eigenvalue weighted by molar-refractivity contribution is 0.833. The van der Waals surface area contributed by atoms with Crippen LogP contribution in [0.4, 0.5) is 0 Å². The Labute approximate surface area is 83.7 Å². The molecule has 0 heterocycles. The van der Waals surface area contributed by atoms with Crippen molar-refractivity contribution in [2.75, 3.05) is 7.05 Å². The van der Waals surface area contributed by atoms with Crippen LogP contribution in [0.25, 0.3) is 0 Å². The molecule has 1 nitrogen and oxygen atoms in total. The van der Waals surface area contributed by atoms with Crippen LogP contribution in [0.1, 0.15) is 27.2 Å². The monoisotopic (exact) mass is 265 g/mol. The zero-order chi connectivity index (χ0) is 8.85. The maximum absolute atomic E-state index is 2.24. The van der Waals surface area contributed by atoms with Crippen LogP contribution in [0.3, 0.4) is 0 Å². The molecule has 0 rings (SSSR count). The highest BCUT2D eigenvalue weighted by atomic mass is 127. The van der Waals surface area contributed by atoms with E-state index in [4.69, 9.17) is 0 Å². The van der Waals surface area contributed by atoms with Crippen LogP contribution in [0.15, 0.2) is 23.4 Å². The normalized spacial score (nSPS) is 13.5. The van der Waals surface area contributed by atoms with Crippen molar-refractivity contribution in [3.8, 4) is 0 Å². The molecule has 0 N–H and O–H groups in total. The summed E-state index contributed by atoms with van der Waals surface area (Å²) in [5.41, 5.74) is 2.83. The minimum Gasteiger partial charge on any atom is -0.325 e. The van der Waals surface area contributed by atoms with Crippen molar-refractivity contribution < 1.29 is 0 Å². The van der Waals surface area contributed by atoms with E-state index in [2.05, 4.69) is 55.9 Å². The van der Waals surface area contributed by atoms with Crippen molar-refractivity contribution in [2.24, 2.45) is 0 Å². The third kappa shape index (κ3) is 5.30. The van der Waals surface area contributed by atoms with Gasteiger partial charge in [-0.15, -0.1) is 0 Å². The SMILES string of the molecule is CC/C(C)=C(C)/C=C/N(C)I. The zero-order valence-electron chi connectivity index (χ0n) is 7.69. The smallest absolute Gasteiger partial charge is 0.0583 e. The molecule has 0 aliphatic heterocycles. The average Bonchev–Trinajstić information content (AvgIpc) is 1.98. The van der Waals surface area contributed by atoms with E-state index in [0.717, 1.165) is 6.42 Å². The molecule has 11 heavy (non-hydrogen) atoms. The van der Waals surface area contributed by atoms with Gasteiger partial charge in [0.1, 0.15) is 0 Å². The first kappa shape index (κ1) is 11.0. The van der Waals surface area contributed by atoms with E-state index in [0.29, 0.717) is 0 Å². The lowest BCUT2D eigenvalue weighted by Gasteiger charge is -2.02. The molecule has 64 valence electrons. The third-order valence-electron chi connectivity index (χ3n) is 1.73. The van der Waals surface area contributed by atoms with E-state index in [-0.39, 0.29) is 0 Å². The van der Waals surface area contributed by atoms with Crippen molar-refractivity contribution >= 4 is 22.9 Å². The summed E-state index contributed by atoms with van der Waals surface area (Å²) < 4.78 is 2.02. The Balaban J connectivity index is 4.15. The lowest BCUT2D eigenvalue weighted by Crippen LogP contribution is -1.90. The molecule has 0 bridgehead atoms. The summed E-state index contributed by atoms with van der Waals surface area (Å²) in [6, 6.07) is 0. The Kier molecular flexibility index (Phi) is 5.64. The maximum atomic E-state index is 2.24. The summed E-state index contributed by atoms with van der Waals surface area (Å²) in [7, 11) is 2.02. The summed E-state index contributed by atoms with van der Waals surface area (Å²) in [4.78, 5) is 0. The molecular formula is C9H16IN. The first-order valence-electron chi connectivity index (χ1n) is 3.81. The second-order valence-corrected chi connectivity index (χ2v) is 4.18. The second kappa shape index (κ2) is 5.63. The van der Waals surface area contributed by atoms with Crippen LogP contribution in [0, 0.1) is 0 Å². The molecule has 0 unspecified atom stereocenters. The summed E-state index contributed by atoms with van der Waals surface area (Å²) in [5, 5.41) is 0. The van der Waals surface area contributed by atoms with Gasteiger partial charge in [0, 0.05) is 13.2 Å². The van der Waals surface area contributed by atoms with Crippen LogP contribution in [0.2, 0.25) is 0 Å². The van der Waals surface area contributed by atoms with Gasteiger partial charge in [-0.25, -0.2) is 0 Å². The van der Waals surface area contributed by atoms with Gasteiger partial charge in [0.2, 0.25) is 0 Å². The molecule has 0 spiro atoms. The van der Waals surface area contributed by atoms with Crippen molar-refractivity contribution in [2.45, 2.75) is 27.2 Å². The molecule has 0 aromatic rings. The van der Waals surface area contributed by atoms with Crippen molar-refractivity contribution in [3.05, 3.63) is 23.4 Å². The highest BCUT2D eigenvalue weighted by Crippen LogP contribution is 2.09. The Bertz CT molecular complexity index is 168. The van der Waals surface area contributed by atoms with E-state index >= 15 is 0 Å². The van der Waals surface area contributed by atoms with E-state index in [1.807, 2.05) is 10.2 Å². The molecular weight excluding hydrogens is 249 g/mol. The Morgan fingerprint density at radius 1 is 1.45 bits per heavy atom. The molecule has 0 saturated heterocycles. The highest BCUT2D eigenvalue weighted by molar-refractivity contribution is 14.1. The van der Waals surface area contributed by atoms with E-state index in [1.165, 1.54) is 11.1 Å². The van der Waals surface area contributed by atoms with Crippen LogP contribution >= 0.6 is 22.9 Å². The van der Waals surface area contributed by atoms with E-state index < -0.39 is 0 Å². The van der Waals surface area contributed by atoms with Crippen LogP contribution < -0.4 is 0 Å². The quantitative estimate of drug-likeness (QED) is 0.428. The standard InChI is InChI=1S/C9H16IN/c1-5-8(2)9(3)6-7-11(4)10/h6-7H,5H2,1-4H3/b7-6+,9-8+. The van der Waals surface area contributed by atoms with Crippen molar-refractivity contribution in [1.82, 2.24) is 3.11 Å². The number of nitrogens with zero attached hydrogens (tertiary/aromatic N) is 1. The van der Waals surface area contributed by atoms with Gasteiger partial charge in [-0.05, 0) is 26.3 Å². The fraction of sp³-hybridized carbons (Fsp3) is 0.556. The number of allylic oxidation sites excluding steroid dienone is 3. The molecule has 0 fully saturated rings. The number of hydrogen-bond donors (Lipinski definition) is 0. The summed E-state index contributed by atoms with van der Waals surface area (Å²) >= 11 is 2.24. The van der Waals surface area contributed by atoms with Gasteiger partial charge in [-0.3, -0.25) is 0 Å². The topological polar surface area (TPSA) is 3.24 Å². The van der Waals surface area contributed by atoms with Gasteiger partial charge < -0.3 is 3.11 Å². The van der Waals surface area contributed by atoms with Gasteiger partial charge in [-0.2, -0.15) is 0 Å². The first-order chi connectivity index (χ1) is 5.07. The highest BCUT2D eigenvalue weighted by Gasteiger charge is 1.89. The number of halogens is 1. The van der Waals surface area contributed by atoms with Gasteiger partial charge in [0.15, 0.2) is 0 Å². The van der Waals surface area contributed by atoms with Crippen molar-refractivity contribution in [1.29, 1.82) is 0 Å². The van der Waals surface area contributed by atoms with Gasteiger partial charge in [0.05, 0.1) is 22.9 Å². The van der Waals surface area contributed by atoms with Crippen molar-refractivity contribution in [3.63, 3.8) is 0 Å². The fourth-order valence-corrected chi connectivity index (χ4v) is 0.796. The molecule has 0 aromatic heterocycles. The zero-order valence-corrected chi connectivity index (χ0v) is 9.84. The molecule has 0 amide bonds. The average molecular weight is 265 g/mol. The Hall–Kier alpha value is 0.0100.